The molecule has 0 saturated heterocycles. The van der Waals surface area contributed by atoms with Crippen LogP contribution < -0.4 is 0 Å². The molecule has 0 unspecified atom stereocenters. The van der Waals surface area contributed by atoms with Crippen LogP contribution in [0.5, 0.6) is 0 Å². The molecule has 3 aromatic rings. The molecule has 0 amide bonds. The molecule has 9 heteroatoms. The SMILES string of the molecule is CC(C)(C)OC(=O)c1ccc(F)cc1-c1nccs1.CC(C)(C)OC(=O)c1ccc(F)cc1I. The van der Waals surface area contributed by atoms with E-state index in [1.165, 1.54) is 47.7 Å². The summed E-state index contributed by atoms with van der Waals surface area (Å²) in [6.45, 7) is 10.7. The Balaban J connectivity index is 0.000000248. The number of esters is 2. The molecule has 0 fully saturated rings. The fourth-order valence-electron chi connectivity index (χ4n) is 2.55. The summed E-state index contributed by atoms with van der Waals surface area (Å²) in [5.74, 6) is -1.66. The van der Waals surface area contributed by atoms with Gasteiger partial charge in [-0.15, -0.1) is 11.3 Å². The minimum absolute atomic E-state index is 0.325. The molecule has 182 valence electrons. The fourth-order valence-corrected chi connectivity index (χ4v) is 3.91. The molecule has 0 aliphatic rings. The molecule has 0 atom stereocenters. The first-order valence-electron chi connectivity index (χ1n) is 10.3. The zero-order valence-electron chi connectivity index (χ0n) is 19.7. The summed E-state index contributed by atoms with van der Waals surface area (Å²) < 4.78 is 37.2. The van der Waals surface area contributed by atoms with E-state index in [-0.39, 0.29) is 5.82 Å². The third-order valence-electron chi connectivity index (χ3n) is 3.81. The lowest BCUT2D eigenvalue weighted by Gasteiger charge is -2.20. The van der Waals surface area contributed by atoms with Gasteiger partial charge in [-0.25, -0.2) is 23.4 Å². The maximum Gasteiger partial charge on any atom is 0.339 e. The fraction of sp³-hybridized carbons (Fsp3) is 0.320. The van der Waals surface area contributed by atoms with Gasteiger partial charge in [-0.3, -0.25) is 0 Å². The zero-order chi connectivity index (χ0) is 25.7. The highest BCUT2D eigenvalue weighted by Crippen LogP contribution is 2.28. The van der Waals surface area contributed by atoms with E-state index in [2.05, 4.69) is 4.98 Å². The van der Waals surface area contributed by atoms with Crippen LogP contribution in [0, 0.1) is 15.2 Å². The number of rotatable bonds is 3. The number of halogens is 3. The predicted octanol–water partition coefficient (Wildman–Crippen LogP) is 7.29. The Hall–Kier alpha value is -2.40. The van der Waals surface area contributed by atoms with Gasteiger partial charge < -0.3 is 9.47 Å². The van der Waals surface area contributed by atoms with Gasteiger partial charge in [-0.1, -0.05) is 0 Å². The predicted molar refractivity (Wildman–Crippen MR) is 137 cm³/mol. The Labute approximate surface area is 215 Å². The van der Waals surface area contributed by atoms with Crippen LogP contribution in [0.3, 0.4) is 0 Å². The first-order valence-corrected chi connectivity index (χ1v) is 12.2. The maximum atomic E-state index is 13.4. The lowest BCUT2D eigenvalue weighted by molar-refractivity contribution is 0.00567. The van der Waals surface area contributed by atoms with E-state index in [0.29, 0.717) is 25.3 Å². The van der Waals surface area contributed by atoms with E-state index >= 15 is 0 Å². The molecule has 3 rings (SSSR count). The lowest BCUT2D eigenvalue weighted by atomic mass is 10.1. The van der Waals surface area contributed by atoms with Crippen LogP contribution in [-0.4, -0.2) is 28.1 Å². The number of benzene rings is 2. The number of carbonyl (C=O) groups is 2. The summed E-state index contributed by atoms with van der Waals surface area (Å²) in [5, 5.41) is 2.37. The van der Waals surface area contributed by atoms with Crippen LogP contribution in [0.1, 0.15) is 62.3 Å². The molecule has 0 saturated carbocycles. The topological polar surface area (TPSA) is 65.5 Å². The van der Waals surface area contributed by atoms with Crippen LogP contribution >= 0.6 is 33.9 Å². The van der Waals surface area contributed by atoms with Gasteiger partial charge in [0.05, 0.1) is 11.1 Å². The van der Waals surface area contributed by atoms with E-state index in [4.69, 9.17) is 9.47 Å². The molecule has 0 spiro atoms. The Kier molecular flexibility index (Phi) is 9.29. The molecule has 1 aromatic heterocycles. The van der Waals surface area contributed by atoms with Gasteiger partial charge in [0.2, 0.25) is 0 Å². The van der Waals surface area contributed by atoms with Gasteiger partial charge in [0.25, 0.3) is 0 Å². The van der Waals surface area contributed by atoms with Crippen LogP contribution in [0.15, 0.2) is 48.0 Å². The summed E-state index contributed by atoms with van der Waals surface area (Å²) in [5.41, 5.74) is 0.0580. The van der Waals surface area contributed by atoms with Gasteiger partial charge in [-0.2, -0.15) is 0 Å². The standard InChI is InChI=1S/C14H14FNO2S.C11H12FIO2/c1-14(2,3)18-13(17)10-5-4-9(15)8-11(10)12-16-6-7-19-12;1-11(2,3)15-10(14)8-5-4-7(12)6-9(8)13/h4-8H,1-3H3;4-6H,1-3H3. The Morgan fingerprint density at radius 3 is 1.82 bits per heavy atom. The number of ether oxygens (including phenoxy) is 2. The Morgan fingerprint density at radius 2 is 1.35 bits per heavy atom. The van der Waals surface area contributed by atoms with Crippen LogP contribution in [-0.2, 0) is 9.47 Å². The van der Waals surface area contributed by atoms with Crippen LogP contribution in [0.25, 0.3) is 10.6 Å². The van der Waals surface area contributed by atoms with Crippen molar-refractivity contribution in [2.75, 3.05) is 0 Å². The second kappa shape index (κ2) is 11.4. The van der Waals surface area contributed by atoms with Crippen LogP contribution in [0.2, 0.25) is 0 Å². The average molecular weight is 601 g/mol. The van der Waals surface area contributed by atoms with Crippen molar-refractivity contribution >= 4 is 45.9 Å². The number of thiazole rings is 1. The molecule has 0 bridgehead atoms. The minimum atomic E-state index is -0.592. The highest BCUT2D eigenvalue weighted by atomic mass is 127. The van der Waals surface area contributed by atoms with Gasteiger partial charge in [0, 0.05) is 20.7 Å². The number of aromatic nitrogens is 1. The van der Waals surface area contributed by atoms with E-state index in [9.17, 15) is 18.4 Å². The summed E-state index contributed by atoms with van der Waals surface area (Å²) in [6, 6.07) is 7.97. The van der Waals surface area contributed by atoms with Crippen LogP contribution in [0.4, 0.5) is 8.78 Å². The van der Waals surface area contributed by atoms with Crippen molar-refractivity contribution in [2.24, 2.45) is 0 Å². The van der Waals surface area contributed by atoms with E-state index < -0.39 is 29.0 Å². The molecule has 0 aliphatic heterocycles. The normalized spacial score (nSPS) is 11.3. The van der Waals surface area contributed by atoms with Crippen molar-refractivity contribution in [3.05, 3.63) is 74.3 Å². The highest BCUT2D eigenvalue weighted by Gasteiger charge is 2.22. The highest BCUT2D eigenvalue weighted by molar-refractivity contribution is 14.1. The van der Waals surface area contributed by atoms with Crippen molar-refractivity contribution in [2.45, 2.75) is 52.7 Å². The first-order chi connectivity index (χ1) is 15.7. The van der Waals surface area contributed by atoms with Crippen molar-refractivity contribution < 1.29 is 27.8 Å². The molecule has 0 radical (unpaired) electrons. The number of hydrogen-bond acceptors (Lipinski definition) is 6. The summed E-state index contributed by atoms with van der Waals surface area (Å²) in [6.07, 6.45) is 1.61. The second-order valence-corrected chi connectivity index (χ2v) is 11.2. The first kappa shape index (κ1) is 27.8. The van der Waals surface area contributed by atoms with E-state index in [1.807, 2.05) is 22.6 Å². The largest absolute Gasteiger partial charge is 0.456 e. The molecule has 1 heterocycles. The third-order valence-corrected chi connectivity index (χ3v) is 5.51. The summed E-state index contributed by atoms with van der Waals surface area (Å²) in [7, 11) is 0. The quantitative estimate of drug-likeness (QED) is 0.233. The lowest BCUT2D eigenvalue weighted by Crippen LogP contribution is -2.24. The van der Waals surface area contributed by atoms with Crippen molar-refractivity contribution in [3.8, 4) is 10.6 Å². The Bertz CT molecular complexity index is 1150. The molecule has 5 nitrogen and oxygen atoms in total. The smallest absolute Gasteiger partial charge is 0.339 e. The van der Waals surface area contributed by atoms with Gasteiger partial charge >= 0.3 is 11.9 Å². The maximum absolute atomic E-state index is 13.4. The van der Waals surface area contributed by atoms with E-state index in [1.54, 1.807) is 53.1 Å². The molecule has 0 aliphatic carbocycles. The summed E-state index contributed by atoms with van der Waals surface area (Å²) >= 11 is 3.26. The summed E-state index contributed by atoms with van der Waals surface area (Å²) in [4.78, 5) is 27.9. The number of nitrogens with zero attached hydrogens (tertiary/aromatic N) is 1. The van der Waals surface area contributed by atoms with E-state index in [0.717, 1.165) is 0 Å². The molecular weight excluding hydrogens is 575 g/mol. The zero-order valence-corrected chi connectivity index (χ0v) is 22.7. The third kappa shape index (κ3) is 8.75. The molecule has 34 heavy (non-hydrogen) atoms. The van der Waals surface area contributed by atoms with Crippen molar-refractivity contribution in [3.63, 3.8) is 0 Å². The molecule has 0 N–H and O–H groups in total. The molecule has 2 aromatic carbocycles. The van der Waals surface area contributed by atoms with Crippen molar-refractivity contribution in [1.82, 2.24) is 4.98 Å². The second-order valence-electron chi connectivity index (χ2n) is 9.16. The van der Waals surface area contributed by atoms with Gasteiger partial charge in [0.15, 0.2) is 0 Å². The molecular formula is C25H26F2INO4S. The van der Waals surface area contributed by atoms with Gasteiger partial charge in [0.1, 0.15) is 27.8 Å². The Morgan fingerprint density at radius 1 is 0.853 bits per heavy atom. The number of carbonyl (C=O) groups excluding carboxylic acids is 2. The van der Waals surface area contributed by atoms with Gasteiger partial charge in [-0.05, 0) is 101 Å². The monoisotopic (exact) mass is 601 g/mol. The minimum Gasteiger partial charge on any atom is -0.456 e. The number of hydrogen-bond donors (Lipinski definition) is 0. The average Bonchev–Trinajstić information content (AvgIpc) is 3.20. The van der Waals surface area contributed by atoms with Crippen molar-refractivity contribution in [1.29, 1.82) is 0 Å².